The fraction of sp³-hybridized carbons (Fsp3) is 0.700. The molecule has 1 fully saturated rings. The Morgan fingerprint density at radius 1 is 1.24 bits per heavy atom. The minimum Gasteiger partial charge on any atom is -0.295 e. The van der Waals surface area contributed by atoms with Gasteiger partial charge >= 0.3 is 0 Å². The van der Waals surface area contributed by atoms with Gasteiger partial charge in [0, 0.05) is 31.3 Å². The van der Waals surface area contributed by atoms with E-state index in [0.29, 0.717) is 18.9 Å². The number of carbonyl (C=O) groups excluding carboxylic acids is 2. The normalized spacial score (nSPS) is 20.1. The molecule has 0 aromatic carbocycles. The van der Waals surface area contributed by atoms with Crippen molar-refractivity contribution in [1.29, 1.82) is 0 Å². The molecular weight excluding hydrogens is 324 g/mol. The first kappa shape index (κ1) is 21.7. The summed E-state index contributed by atoms with van der Waals surface area (Å²) in [7, 11) is 0. The first-order chi connectivity index (χ1) is 11.6. The Bertz CT molecular complexity index is 522. The second-order valence-electron chi connectivity index (χ2n) is 7.44. The number of rotatable bonds is 6. The molecule has 25 heavy (non-hydrogen) atoms. The molecule has 0 bridgehead atoms. The van der Waals surface area contributed by atoms with E-state index in [1.807, 2.05) is 27.7 Å². The quantitative estimate of drug-likeness (QED) is 0.662. The maximum atomic E-state index is 12.8. The van der Waals surface area contributed by atoms with E-state index in [4.69, 9.17) is 0 Å². The lowest BCUT2D eigenvalue weighted by atomic mass is 10.0. The average molecular weight is 355 g/mol. The molecule has 3 nitrogen and oxygen atoms in total. The van der Waals surface area contributed by atoms with Gasteiger partial charge in [-0.1, -0.05) is 39.8 Å². The summed E-state index contributed by atoms with van der Waals surface area (Å²) < 4.78 is 25.6. The monoisotopic (exact) mass is 355 g/mol. The summed E-state index contributed by atoms with van der Waals surface area (Å²) in [6.07, 6.45) is 8.46. The van der Waals surface area contributed by atoms with Crippen LogP contribution in [0.25, 0.3) is 0 Å². The second kappa shape index (κ2) is 9.95. The van der Waals surface area contributed by atoms with Crippen molar-refractivity contribution in [2.24, 2.45) is 11.8 Å². The van der Waals surface area contributed by atoms with E-state index in [2.05, 4.69) is 6.08 Å². The van der Waals surface area contributed by atoms with Crippen LogP contribution in [0.3, 0.4) is 0 Å². The van der Waals surface area contributed by atoms with E-state index in [1.54, 1.807) is 11.0 Å². The number of hydrogen-bond acceptors (Lipinski definition) is 3. The molecule has 0 spiro atoms. The molecule has 1 heterocycles. The van der Waals surface area contributed by atoms with Gasteiger partial charge in [-0.3, -0.25) is 14.5 Å². The molecule has 2 rings (SSSR count). The van der Waals surface area contributed by atoms with Crippen molar-refractivity contribution in [2.75, 3.05) is 19.6 Å². The average Bonchev–Trinajstić information content (AvgIpc) is 3.16. The summed E-state index contributed by atoms with van der Waals surface area (Å²) in [6.45, 7) is 8.21. The van der Waals surface area contributed by atoms with Gasteiger partial charge in [-0.15, -0.1) is 0 Å². The third-order valence-corrected chi connectivity index (χ3v) is 4.35. The minimum atomic E-state index is -2.55. The molecule has 0 aromatic rings. The number of ketones is 2. The van der Waals surface area contributed by atoms with Crippen LogP contribution in [0.4, 0.5) is 8.78 Å². The zero-order chi connectivity index (χ0) is 19.0. The van der Waals surface area contributed by atoms with Gasteiger partial charge in [-0.25, -0.2) is 8.78 Å². The Balaban J connectivity index is 0.000000271. The summed E-state index contributed by atoms with van der Waals surface area (Å²) in [5.74, 6) is -2.00. The Kier molecular flexibility index (Phi) is 8.63. The van der Waals surface area contributed by atoms with E-state index < -0.39 is 5.92 Å². The van der Waals surface area contributed by atoms with E-state index in [0.717, 1.165) is 18.4 Å². The molecule has 5 heteroatoms. The number of halogens is 2. The van der Waals surface area contributed by atoms with Crippen molar-refractivity contribution >= 4 is 11.6 Å². The van der Waals surface area contributed by atoms with Gasteiger partial charge in [0.2, 0.25) is 0 Å². The molecule has 1 aliphatic heterocycles. The molecule has 0 amide bonds. The Morgan fingerprint density at radius 2 is 1.92 bits per heavy atom. The lowest BCUT2D eigenvalue weighted by molar-refractivity contribution is -0.118. The lowest BCUT2D eigenvalue weighted by Gasteiger charge is -2.12. The van der Waals surface area contributed by atoms with Gasteiger partial charge in [-0.2, -0.15) is 0 Å². The van der Waals surface area contributed by atoms with Gasteiger partial charge in [0.05, 0.1) is 6.54 Å². The van der Waals surface area contributed by atoms with Crippen LogP contribution < -0.4 is 0 Å². The first-order valence-corrected chi connectivity index (χ1v) is 9.16. The zero-order valence-electron chi connectivity index (χ0n) is 15.9. The predicted octanol–water partition coefficient (Wildman–Crippen LogP) is 4.43. The molecule has 1 aliphatic carbocycles. The van der Waals surface area contributed by atoms with Gasteiger partial charge in [0.15, 0.2) is 11.6 Å². The highest BCUT2D eigenvalue weighted by atomic mass is 19.3. The summed E-state index contributed by atoms with van der Waals surface area (Å²) in [6, 6.07) is 0. The molecule has 1 saturated heterocycles. The van der Waals surface area contributed by atoms with E-state index >= 15 is 0 Å². The fourth-order valence-corrected chi connectivity index (χ4v) is 2.74. The number of alkyl halides is 2. The van der Waals surface area contributed by atoms with Crippen molar-refractivity contribution < 1.29 is 18.4 Å². The largest absolute Gasteiger partial charge is 0.295 e. The van der Waals surface area contributed by atoms with Gasteiger partial charge < -0.3 is 0 Å². The zero-order valence-corrected chi connectivity index (χ0v) is 15.9. The van der Waals surface area contributed by atoms with Crippen LogP contribution in [-0.2, 0) is 9.59 Å². The lowest BCUT2D eigenvalue weighted by Crippen LogP contribution is -2.25. The Morgan fingerprint density at radius 3 is 2.36 bits per heavy atom. The number of likely N-dealkylation sites (tertiary alicyclic amines) is 1. The van der Waals surface area contributed by atoms with Crippen molar-refractivity contribution in [3.63, 3.8) is 0 Å². The van der Waals surface area contributed by atoms with E-state index in [9.17, 15) is 18.4 Å². The third-order valence-electron chi connectivity index (χ3n) is 4.35. The molecule has 0 N–H and O–H groups in total. The Labute approximate surface area is 150 Å². The van der Waals surface area contributed by atoms with Crippen molar-refractivity contribution in [3.05, 3.63) is 23.8 Å². The smallest absolute Gasteiger partial charge is 0.261 e. The first-order valence-electron chi connectivity index (χ1n) is 9.16. The molecule has 0 atom stereocenters. The topological polar surface area (TPSA) is 37.4 Å². The van der Waals surface area contributed by atoms with Crippen LogP contribution in [-0.4, -0.2) is 42.0 Å². The Hall–Kier alpha value is -1.36. The summed E-state index contributed by atoms with van der Waals surface area (Å²) in [5, 5.41) is 0. The number of nitrogens with zero attached hydrogens (tertiary/aromatic N) is 1. The van der Waals surface area contributed by atoms with Gasteiger partial charge in [0.1, 0.15) is 0 Å². The highest BCUT2D eigenvalue weighted by molar-refractivity contribution is 5.96. The van der Waals surface area contributed by atoms with E-state index in [-0.39, 0.29) is 30.6 Å². The fourth-order valence-electron chi connectivity index (χ4n) is 2.74. The molecular formula is C20H31F2NO2. The van der Waals surface area contributed by atoms with Crippen LogP contribution in [0.5, 0.6) is 0 Å². The van der Waals surface area contributed by atoms with Crippen LogP contribution >= 0.6 is 0 Å². The molecule has 0 saturated carbocycles. The van der Waals surface area contributed by atoms with Crippen LogP contribution in [0.2, 0.25) is 0 Å². The van der Waals surface area contributed by atoms with E-state index in [1.165, 1.54) is 12.5 Å². The minimum absolute atomic E-state index is 0.0266. The maximum absolute atomic E-state index is 12.8. The second-order valence-corrected chi connectivity index (χ2v) is 7.44. The highest BCUT2D eigenvalue weighted by Gasteiger charge is 2.37. The SMILES string of the molecule is CC(C)C(=O)/C=C/CN1CCC(F)(F)C1.CC(C)C(=O)C1=CCCC1. The third kappa shape index (κ3) is 8.04. The van der Waals surface area contributed by atoms with Gasteiger partial charge in [0.25, 0.3) is 5.92 Å². The number of hydrogen-bond donors (Lipinski definition) is 0. The van der Waals surface area contributed by atoms with Crippen molar-refractivity contribution in [1.82, 2.24) is 4.90 Å². The molecule has 0 aromatic heterocycles. The standard InChI is InChI=1S/C11H17F2NO.C9H14O/c1-9(2)10(15)4-3-6-14-7-5-11(12,13)8-14;1-7(2)9(10)8-5-3-4-6-8/h3-4,9H,5-8H2,1-2H3;5,7H,3-4,6H2,1-2H3/b4-3+;. The molecule has 0 unspecified atom stereocenters. The maximum Gasteiger partial charge on any atom is 0.261 e. The van der Waals surface area contributed by atoms with Gasteiger partial charge in [-0.05, 0) is 30.9 Å². The van der Waals surface area contributed by atoms with Crippen LogP contribution in [0, 0.1) is 11.8 Å². The number of carbonyl (C=O) groups is 2. The van der Waals surface area contributed by atoms with Crippen molar-refractivity contribution in [3.8, 4) is 0 Å². The predicted molar refractivity (Wildman–Crippen MR) is 96.8 cm³/mol. The molecule has 142 valence electrons. The van der Waals surface area contributed by atoms with Crippen LogP contribution in [0.1, 0.15) is 53.4 Å². The molecule has 0 radical (unpaired) electrons. The number of Topliss-reactive ketones (excluding diaryl/α,β-unsaturated/α-hetero) is 1. The summed E-state index contributed by atoms with van der Waals surface area (Å²) >= 11 is 0. The molecule has 2 aliphatic rings. The number of allylic oxidation sites excluding steroid dienone is 3. The highest BCUT2D eigenvalue weighted by Crippen LogP contribution is 2.26. The van der Waals surface area contributed by atoms with Crippen molar-refractivity contribution in [2.45, 2.75) is 59.3 Å². The van der Waals surface area contributed by atoms with Crippen LogP contribution in [0.15, 0.2) is 23.8 Å². The summed E-state index contributed by atoms with van der Waals surface area (Å²) in [5.41, 5.74) is 1.06. The summed E-state index contributed by atoms with van der Waals surface area (Å²) in [4.78, 5) is 24.1.